The molecule has 12 heteroatoms. The first-order valence-corrected chi connectivity index (χ1v) is 38.5. The number of nitrogens with zero attached hydrogens (tertiary/aromatic N) is 3. The van der Waals surface area contributed by atoms with E-state index in [0.29, 0.717) is 52.6 Å². The van der Waals surface area contributed by atoms with Crippen molar-refractivity contribution in [2.24, 2.45) is 0 Å². The minimum Gasteiger partial charge on any atom is -1.00 e. The van der Waals surface area contributed by atoms with Crippen molar-refractivity contribution in [2.45, 2.75) is 144 Å². The van der Waals surface area contributed by atoms with Gasteiger partial charge in [0.15, 0.2) is 0 Å². The van der Waals surface area contributed by atoms with Crippen LogP contribution in [0.25, 0.3) is 0 Å². The van der Waals surface area contributed by atoms with Crippen LogP contribution in [0.15, 0.2) is 231 Å². The molecule has 8 rings (SSSR count). The molecule has 0 radical (unpaired) electrons. The molecular formula is C82H114FN3O6Si2. The van der Waals surface area contributed by atoms with Gasteiger partial charge in [0.25, 0.3) is 16.6 Å². The molecule has 94 heavy (non-hydrogen) atoms. The maximum atomic E-state index is 9.09. The van der Waals surface area contributed by atoms with E-state index in [1.165, 1.54) is 103 Å². The Morgan fingerprint density at radius 1 is 0.362 bits per heavy atom. The highest BCUT2D eigenvalue weighted by molar-refractivity contribution is 7.00. The maximum Gasteiger partial charge on any atom is 0.261 e. The van der Waals surface area contributed by atoms with E-state index in [4.69, 9.17) is 28.5 Å². The van der Waals surface area contributed by atoms with Gasteiger partial charge in [0.05, 0.1) is 52.6 Å². The standard InChI is InChI=1S/C49H57NO3Si2.C17H21NO3.C16H36N.FH/c1-48(2,3)54(44-27-14-8-15-28-44,45-29-16-9-17-30-45)52-37-35-50(42-25-22-26-43(39-42)51-40-41-23-12-7-13-24-41)36-38-53-55(49(4,5)6,46-31-18-10-19-32-46)47-33-20-11-21-34-47;19-11-9-18(10-12-20)16-7-4-8-17(13-16)21-14-15-5-2-1-3-6-15;1-5-9-13-17(14-10-6-2,15-11-7-3)16-12-8-4;/h7-34,39H,35-38,40H2,1-6H3;1-8,13,19-20H,9-12,14H2;5-16H2,1-4H3;1H/q;;+1;/p-1. The van der Waals surface area contributed by atoms with E-state index < -0.39 is 16.6 Å². The van der Waals surface area contributed by atoms with Crippen LogP contribution in [0.3, 0.4) is 0 Å². The lowest BCUT2D eigenvalue weighted by atomic mass is 10.1. The molecule has 8 aromatic carbocycles. The summed E-state index contributed by atoms with van der Waals surface area (Å²) in [5, 5.41) is 23.1. The molecule has 0 aliphatic heterocycles. The van der Waals surface area contributed by atoms with Crippen molar-refractivity contribution in [1.82, 2.24) is 0 Å². The Kier molecular flexibility index (Phi) is 34.1. The van der Waals surface area contributed by atoms with Crippen molar-refractivity contribution in [3.63, 3.8) is 0 Å². The van der Waals surface area contributed by atoms with E-state index in [-0.39, 0.29) is 28.0 Å². The molecule has 0 aromatic heterocycles. The lowest BCUT2D eigenvalue weighted by Crippen LogP contribution is -3.00. The smallest absolute Gasteiger partial charge is 0.261 e. The van der Waals surface area contributed by atoms with E-state index in [2.05, 4.69) is 238 Å². The summed E-state index contributed by atoms with van der Waals surface area (Å²) < 4.78 is 28.4. The topological polar surface area (TPSA) is 83.9 Å². The predicted octanol–water partition coefficient (Wildman–Crippen LogP) is 13.3. The molecular weight excluding hydrogens is 1200 g/mol. The van der Waals surface area contributed by atoms with Crippen molar-refractivity contribution in [2.75, 3.05) is 88.6 Å². The van der Waals surface area contributed by atoms with Gasteiger partial charge in [-0.05, 0) is 91.9 Å². The van der Waals surface area contributed by atoms with Crippen molar-refractivity contribution in [3.05, 3.63) is 242 Å². The highest BCUT2D eigenvalue weighted by atomic mass is 28.4. The molecule has 0 saturated heterocycles. The number of hydrogen-bond donors (Lipinski definition) is 2. The second-order valence-corrected chi connectivity index (χ2v) is 35.2. The molecule has 0 spiro atoms. The number of benzene rings is 8. The third kappa shape index (κ3) is 23.2. The molecule has 0 aliphatic rings. The maximum absolute atomic E-state index is 9.09. The van der Waals surface area contributed by atoms with E-state index in [0.717, 1.165) is 34.0 Å². The van der Waals surface area contributed by atoms with Gasteiger partial charge in [0.2, 0.25) is 0 Å². The number of ether oxygens (including phenoxy) is 2. The van der Waals surface area contributed by atoms with Gasteiger partial charge in [-0.15, -0.1) is 0 Å². The Hall–Kier alpha value is -6.88. The van der Waals surface area contributed by atoms with Crippen LogP contribution in [-0.4, -0.2) is 110 Å². The summed E-state index contributed by atoms with van der Waals surface area (Å²) in [5.41, 5.74) is 4.28. The summed E-state index contributed by atoms with van der Waals surface area (Å²) in [6.07, 6.45) is 11.1. The lowest BCUT2D eigenvalue weighted by Gasteiger charge is -2.44. The van der Waals surface area contributed by atoms with Crippen LogP contribution in [0.5, 0.6) is 11.5 Å². The number of hydrogen-bond acceptors (Lipinski definition) is 8. The molecule has 9 nitrogen and oxygen atoms in total. The SMILES string of the molecule is CC(C)(C)[Si](OCCN(CCO[Si](c1ccccc1)(c1ccccc1)C(C)(C)C)c1cccc(OCc2ccccc2)c1)(c1ccccc1)c1ccccc1.CCCC[N+](CCCC)(CCCC)CCCC.OCCN(CCO)c1cccc(OCc2ccccc2)c1.[F-]. The zero-order chi connectivity index (χ0) is 66.7. The highest BCUT2D eigenvalue weighted by Gasteiger charge is 2.51. The first kappa shape index (κ1) is 77.8. The van der Waals surface area contributed by atoms with Gasteiger partial charge < -0.3 is 47.5 Å². The van der Waals surface area contributed by atoms with Gasteiger partial charge >= 0.3 is 0 Å². The third-order valence-corrected chi connectivity index (χ3v) is 27.8. The Morgan fingerprint density at radius 3 is 0.904 bits per heavy atom. The predicted molar refractivity (Wildman–Crippen MR) is 400 cm³/mol. The summed E-state index contributed by atoms with van der Waals surface area (Å²) in [7, 11) is -5.46. The summed E-state index contributed by atoms with van der Waals surface area (Å²) in [6, 6.07) is 80.1. The monoisotopic (exact) mass is 1310 g/mol. The van der Waals surface area contributed by atoms with Crippen molar-refractivity contribution in [3.8, 4) is 11.5 Å². The molecule has 0 bridgehead atoms. The van der Waals surface area contributed by atoms with E-state index in [1.807, 2.05) is 71.6 Å². The van der Waals surface area contributed by atoms with Crippen LogP contribution in [0.2, 0.25) is 10.1 Å². The summed E-state index contributed by atoms with van der Waals surface area (Å²) >= 11 is 0. The number of aliphatic hydroxyl groups is 2. The first-order valence-electron chi connectivity index (χ1n) is 34.7. The minimum atomic E-state index is -2.73. The fraction of sp³-hybridized carbons (Fsp3) is 0.415. The van der Waals surface area contributed by atoms with Crippen molar-refractivity contribution < 1.29 is 37.7 Å². The molecule has 0 unspecified atom stereocenters. The van der Waals surface area contributed by atoms with Gasteiger partial charge in [-0.1, -0.05) is 289 Å². The molecule has 0 aliphatic carbocycles. The zero-order valence-electron chi connectivity index (χ0n) is 58.7. The number of quaternary nitrogens is 1. The minimum absolute atomic E-state index is 0. The number of halogens is 1. The molecule has 0 atom stereocenters. The van der Waals surface area contributed by atoms with Gasteiger partial charge in [-0.3, -0.25) is 0 Å². The number of aliphatic hydroxyl groups excluding tert-OH is 2. The van der Waals surface area contributed by atoms with Crippen molar-refractivity contribution in [1.29, 1.82) is 0 Å². The van der Waals surface area contributed by atoms with Crippen LogP contribution in [0.1, 0.15) is 132 Å². The largest absolute Gasteiger partial charge is 1.00 e. The van der Waals surface area contributed by atoms with Crippen LogP contribution in [-0.2, 0) is 22.1 Å². The lowest BCUT2D eigenvalue weighted by molar-refractivity contribution is -0.929. The average Bonchev–Trinajstić information content (AvgIpc) is 0.761. The Balaban J connectivity index is 0.000000334. The number of rotatable bonds is 36. The fourth-order valence-corrected chi connectivity index (χ4v) is 21.9. The highest BCUT2D eigenvalue weighted by Crippen LogP contribution is 2.38. The van der Waals surface area contributed by atoms with Crippen LogP contribution < -0.4 is 44.7 Å². The first-order chi connectivity index (χ1) is 45.1. The molecule has 8 aromatic rings. The van der Waals surface area contributed by atoms with Gasteiger partial charge in [-0.25, -0.2) is 0 Å². The van der Waals surface area contributed by atoms with Gasteiger partial charge in [-0.2, -0.15) is 0 Å². The van der Waals surface area contributed by atoms with E-state index in [9.17, 15) is 0 Å². The van der Waals surface area contributed by atoms with Crippen LogP contribution in [0, 0.1) is 0 Å². The van der Waals surface area contributed by atoms with E-state index >= 15 is 0 Å². The molecule has 0 heterocycles. The van der Waals surface area contributed by atoms with Crippen LogP contribution in [0.4, 0.5) is 11.4 Å². The van der Waals surface area contributed by atoms with Gasteiger partial charge in [0.1, 0.15) is 24.7 Å². The van der Waals surface area contributed by atoms with Crippen molar-refractivity contribution >= 4 is 48.8 Å². The molecule has 0 saturated carbocycles. The third-order valence-electron chi connectivity index (χ3n) is 17.7. The molecule has 2 N–H and O–H groups in total. The normalized spacial score (nSPS) is 11.7. The summed E-state index contributed by atoms with van der Waals surface area (Å²) in [6.45, 7) is 33.6. The van der Waals surface area contributed by atoms with Gasteiger partial charge in [0, 0.05) is 49.7 Å². The number of anilines is 2. The second-order valence-electron chi connectivity index (χ2n) is 26.6. The Bertz CT molecular complexity index is 3000. The average molecular weight is 1310 g/mol. The van der Waals surface area contributed by atoms with E-state index in [1.54, 1.807) is 0 Å². The molecule has 0 fully saturated rings. The quantitative estimate of drug-likeness (QED) is 0.0297. The van der Waals surface area contributed by atoms with Crippen LogP contribution >= 0.6 is 0 Å². The zero-order valence-corrected chi connectivity index (χ0v) is 60.7. The summed E-state index contributed by atoms with van der Waals surface area (Å²) in [5.74, 6) is 1.62. The number of unbranched alkanes of at least 4 members (excludes halogenated alkanes) is 4. The Labute approximate surface area is 569 Å². The second kappa shape index (κ2) is 41.2. The fourth-order valence-electron chi connectivity index (χ4n) is 12.8. The summed E-state index contributed by atoms with van der Waals surface area (Å²) in [4.78, 5) is 4.35. The molecule has 0 amide bonds. The Morgan fingerprint density at radius 2 is 0.638 bits per heavy atom. The molecule has 508 valence electrons.